The van der Waals surface area contributed by atoms with Crippen molar-refractivity contribution >= 4 is 33.3 Å². The highest BCUT2D eigenvalue weighted by Gasteiger charge is 2.11. The standard InChI is InChI=1S/C20H20N2O4S/c1-2-3-14-4-6-15(7-5-14)17(23)12-26-18(24)8-10-22-13-21-19-16(20(22)25)9-11-27-19/h4-7,9,11,13H,2-3,8,10,12H2,1H3. The Kier molecular flexibility index (Phi) is 6.13. The minimum absolute atomic E-state index is 0.0000513. The van der Waals surface area contributed by atoms with E-state index < -0.39 is 5.97 Å². The number of Topliss-reactive ketones (excluding diaryl/α,β-unsaturated/α-hetero) is 1. The molecular formula is C20H20N2O4S. The molecule has 140 valence electrons. The summed E-state index contributed by atoms with van der Waals surface area (Å²) < 4.78 is 6.43. The number of aromatic nitrogens is 2. The van der Waals surface area contributed by atoms with E-state index in [0.717, 1.165) is 12.8 Å². The number of aryl methyl sites for hydroxylation is 2. The van der Waals surface area contributed by atoms with Gasteiger partial charge in [0.2, 0.25) is 0 Å². The average Bonchev–Trinajstić information content (AvgIpc) is 3.16. The van der Waals surface area contributed by atoms with Gasteiger partial charge < -0.3 is 4.74 Å². The molecule has 0 N–H and O–H groups in total. The van der Waals surface area contributed by atoms with E-state index in [-0.39, 0.29) is 30.9 Å². The molecule has 6 nitrogen and oxygen atoms in total. The molecule has 0 atom stereocenters. The van der Waals surface area contributed by atoms with Crippen LogP contribution in [0.25, 0.3) is 10.2 Å². The summed E-state index contributed by atoms with van der Waals surface area (Å²) >= 11 is 1.39. The minimum atomic E-state index is -0.525. The number of hydrogen-bond acceptors (Lipinski definition) is 6. The highest BCUT2D eigenvalue weighted by atomic mass is 32.1. The van der Waals surface area contributed by atoms with Crippen LogP contribution in [-0.2, 0) is 22.5 Å². The first-order valence-electron chi connectivity index (χ1n) is 8.79. The van der Waals surface area contributed by atoms with E-state index >= 15 is 0 Å². The van der Waals surface area contributed by atoms with E-state index in [1.807, 2.05) is 12.1 Å². The molecule has 0 saturated heterocycles. The number of carbonyl (C=O) groups excluding carboxylic acids is 2. The topological polar surface area (TPSA) is 78.3 Å². The average molecular weight is 384 g/mol. The Labute approximate surface area is 160 Å². The first kappa shape index (κ1) is 19.0. The predicted octanol–water partition coefficient (Wildman–Crippen LogP) is 3.23. The fraction of sp³-hybridized carbons (Fsp3) is 0.300. The van der Waals surface area contributed by atoms with Crippen molar-refractivity contribution < 1.29 is 14.3 Å². The summed E-state index contributed by atoms with van der Waals surface area (Å²) in [5.41, 5.74) is 1.51. The molecule has 0 amide bonds. The lowest BCUT2D eigenvalue weighted by molar-refractivity contribution is -0.142. The second-order valence-corrected chi connectivity index (χ2v) is 7.06. The van der Waals surface area contributed by atoms with Crippen LogP contribution in [0.15, 0.2) is 46.8 Å². The van der Waals surface area contributed by atoms with Crippen molar-refractivity contribution in [3.05, 3.63) is 63.5 Å². The molecule has 0 aliphatic carbocycles. The number of esters is 1. The number of hydrogen-bond donors (Lipinski definition) is 0. The lowest BCUT2D eigenvalue weighted by atomic mass is 10.1. The fourth-order valence-electron chi connectivity index (χ4n) is 2.71. The summed E-state index contributed by atoms with van der Waals surface area (Å²) in [6, 6.07) is 9.05. The third-order valence-electron chi connectivity index (χ3n) is 4.19. The van der Waals surface area contributed by atoms with E-state index in [9.17, 15) is 14.4 Å². The van der Waals surface area contributed by atoms with Gasteiger partial charge in [-0.05, 0) is 23.4 Å². The minimum Gasteiger partial charge on any atom is -0.457 e. The number of fused-ring (bicyclic) bond motifs is 1. The Morgan fingerprint density at radius 2 is 1.96 bits per heavy atom. The van der Waals surface area contributed by atoms with Gasteiger partial charge >= 0.3 is 5.97 Å². The molecule has 0 fully saturated rings. The van der Waals surface area contributed by atoms with E-state index in [2.05, 4.69) is 11.9 Å². The number of rotatable bonds is 8. The van der Waals surface area contributed by atoms with E-state index in [1.165, 1.54) is 27.8 Å². The van der Waals surface area contributed by atoms with Crippen molar-refractivity contribution in [3.8, 4) is 0 Å². The number of nitrogens with zero attached hydrogens (tertiary/aromatic N) is 2. The van der Waals surface area contributed by atoms with Crippen molar-refractivity contribution in [1.82, 2.24) is 9.55 Å². The van der Waals surface area contributed by atoms with Gasteiger partial charge in [-0.25, -0.2) is 4.98 Å². The summed E-state index contributed by atoms with van der Waals surface area (Å²) in [4.78, 5) is 41.1. The molecule has 0 aliphatic rings. The predicted molar refractivity (Wildman–Crippen MR) is 104 cm³/mol. The van der Waals surface area contributed by atoms with Crippen LogP contribution in [0, 0.1) is 0 Å². The number of ketones is 1. The lowest BCUT2D eigenvalue weighted by Gasteiger charge is -2.07. The highest BCUT2D eigenvalue weighted by molar-refractivity contribution is 7.16. The quantitative estimate of drug-likeness (QED) is 0.440. The van der Waals surface area contributed by atoms with Crippen molar-refractivity contribution in [1.29, 1.82) is 0 Å². The molecule has 3 aromatic rings. The molecule has 2 heterocycles. The Hall–Kier alpha value is -2.80. The summed E-state index contributed by atoms with van der Waals surface area (Å²) in [7, 11) is 0. The zero-order valence-electron chi connectivity index (χ0n) is 15.0. The third-order valence-corrected chi connectivity index (χ3v) is 5.01. The Morgan fingerprint density at radius 1 is 1.19 bits per heavy atom. The van der Waals surface area contributed by atoms with E-state index in [0.29, 0.717) is 15.8 Å². The smallest absolute Gasteiger partial charge is 0.308 e. The molecule has 2 aromatic heterocycles. The molecule has 27 heavy (non-hydrogen) atoms. The normalized spacial score (nSPS) is 10.9. The van der Waals surface area contributed by atoms with Gasteiger partial charge in [-0.1, -0.05) is 37.6 Å². The Balaban J connectivity index is 1.50. The maximum Gasteiger partial charge on any atom is 0.308 e. The monoisotopic (exact) mass is 384 g/mol. The molecule has 0 aliphatic heterocycles. The van der Waals surface area contributed by atoms with Crippen LogP contribution < -0.4 is 5.56 Å². The van der Waals surface area contributed by atoms with Gasteiger partial charge in [-0.3, -0.25) is 19.0 Å². The Morgan fingerprint density at radius 3 is 2.70 bits per heavy atom. The van der Waals surface area contributed by atoms with Crippen LogP contribution >= 0.6 is 11.3 Å². The molecule has 7 heteroatoms. The first-order valence-corrected chi connectivity index (χ1v) is 9.67. The lowest BCUT2D eigenvalue weighted by Crippen LogP contribution is -2.22. The van der Waals surface area contributed by atoms with Gasteiger partial charge in [0.15, 0.2) is 12.4 Å². The van der Waals surface area contributed by atoms with Crippen LogP contribution in [0.1, 0.15) is 35.7 Å². The van der Waals surface area contributed by atoms with Crippen LogP contribution in [0.4, 0.5) is 0 Å². The molecule has 0 radical (unpaired) electrons. The van der Waals surface area contributed by atoms with Crippen molar-refractivity contribution in [2.75, 3.05) is 6.61 Å². The van der Waals surface area contributed by atoms with Gasteiger partial charge in [-0.2, -0.15) is 0 Å². The zero-order valence-corrected chi connectivity index (χ0v) is 15.8. The second-order valence-electron chi connectivity index (χ2n) is 6.16. The van der Waals surface area contributed by atoms with Crippen molar-refractivity contribution in [2.45, 2.75) is 32.7 Å². The first-order chi connectivity index (χ1) is 13.1. The number of ether oxygens (including phenoxy) is 1. The summed E-state index contributed by atoms with van der Waals surface area (Å²) in [5.74, 6) is -0.770. The maximum atomic E-state index is 12.3. The number of benzene rings is 1. The molecule has 3 rings (SSSR count). The fourth-order valence-corrected chi connectivity index (χ4v) is 3.44. The summed E-state index contributed by atoms with van der Waals surface area (Å²) in [5, 5.41) is 2.34. The van der Waals surface area contributed by atoms with Crippen LogP contribution in [0.2, 0.25) is 0 Å². The molecule has 0 spiro atoms. The second kappa shape index (κ2) is 8.73. The van der Waals surface area contributed by atoms with Gasteiger partial charge in [0.1, 0.15) is 4.83 Å². The summed E-state index contributed by atoms with van der Waals surface area (Å²) in [6.45, 7) is 1.96. The van der Waals surface area contributed by atoms with E-state index in [1.54, 1.807) is 23.6 Å². The largest absolute Gasteiger partial charge is 0.457 e. The van der Waals surface area contributed by atoms with E-state index in [4.69, 9.17) is 4.74 Å². The molecule has 1 aromatic carbocycles. The van der Waals surface area contributed by atoms with Crippen molar-refractivity contribution in [2.24, 2.45) is 0 Å². The van der Waals surface area contributed by atoms with Crippen LogP contribution in [0.5, 0.6) is 0 Å². The number of thiophene rings is 1. The molecule has 0 saturated carbocycles. The molecule has 0 bridgehead atoms. The van der Waals surface area contributed by atoms with Crippen molar-refractivity contribution in [3.63, 3.8) is 0 Å². The van der Waals surface area contributed by atoms with Gasteiger partial charge in [-0.15, -0.1) is 11.3 Å². The van der Waals surface area contributed by atoms with Gasteiger partial charge in [0.25, 0.3) is 5.56 Å². The molecular weight excluding hydrogens is 364 g/mol. The number of carbonyl (C=O) groups is 2. The SMILES string of the molecule is CCCc1ccc(C(=O)COC(=O)CCn2cnc3sccc3c2=O)cc1. The van der Waals surface area contributed by atoms with Gasteiger partial charge in [0, 0.05) is 12.1 Å². The molecule has 0 unspecified atom stereocenters. The van der Waals surface area contributed by atoms with Crippen LogP contribution in [0.3, 0.4) is 0 Å². The summed E-state index contributed by atoms with van der Waals surface area (Å²) in [6.07, 6.45) is 3.44. The zero-order chi connectivity index (χ0) is 19.2. The maximum absolute atomic E-state index is 12.3. The van der Waals surface area contributed by atoms with Crippen LogP contribution in [-0.4, -0.2) is 27.9 Å². The Bertz CT molecular complexity index is 1000. The third kappa shape index (κ3) is 4.68. The highest BCUT2D eigenvalue weighted by Crippen LogP contribution is 2.13. The van der Waals surface area contributed by atoms with Gasteiger partial charge in [0.05, 0.1) is 18.1 Å².